The Labute approximate surface area is 98.9 Å². The van der Waals surface area contributed by atoms with Gasteiger partial charge in [0.05, 0.1) is 5.52 Å². The minimum Gasteiger partial charge on any atom is -0.354 e. The van der Waals surface area contributed by atoms with Crippen molar-refractivity contribution in [1.82, 2.24) is 4.98 Å². The molecule has 2 heteroatoms. The molecule has 0 atom stereocenters. The first-order chi connectivity index (χ1) is 8.31. The van der Waals surface area contributed by atoms with Crippen LogP contribution in [-0.4, -0.2) is 4.98 Å². The van der Waals surface area contributed by atoms with E-state index in [1.54, 1.807) is 0 Å². The summed E-state index contributed by atoms with van der Waals surface area (Å²) >= 11 is 0. The molecule has 3 aromatic rings. The lowest BCUT2D eigenvalue weighted by molar-refractivity contribution is 1.16. The third-order valence-electron chi connectivity index (χ3n) is 3.20. The molecule has 0 radical (unpaired) electrons. The summed E-state index contributed by atoms with van der Waals surface area (Å²) < 4.78 is 0. The van der Waals surface area contributed by atoms with Crippen molar-refractivity contribution in [3.05, 3.63) is 58.3 Å². The maximum absolute atomic E-state index is 12.4. The van der Waals surface area contributed by atoms with Gasteiger partial charge in [-0.1, -0.05) is 31.2 Å². The number of para-hydroxylation sites is 1. The van der Waals surface area contributed by atoms with Crippen molar-refractivity contribution in [1.29, 1.82) is 0 Å². The Bertz CT molecular complexity index is 756. The van der Waals surface area contributed by atoms with Crippen molar-refractivity contribution in [2.45, 2.75) is 13.3 Å². The molecular formula is C15H13NO. The van der Waals surface area contributed by atoms with Crippen LogP contribution in [0.15, 0.2) is 47.3 Å². The lowest BCUT2D eigenvalue weighted by atomic mass is 10.0. The lowest BCUT2D eigenvalue weighted by Gasteiger charge is -2.06. The van der Waals surface area contributed by atoms with Crippen LogP contribution in [0.3, 0.4) is 0 Å². The SMILES string of the molecule is CCc1cccc2[nH]c3ccccc3c(=O)c12. The number of aromatic nitrogens is 1. The molecule has 0 saturated heterocycles. The molecule has 84 valence electrons. The van der Waals surface area contributed by atoms with Gasteiger partial charge in [0, 0.05) is 16.3 Å². The predicted molar refractivity (Wildman–Crippen MR) is 71.5 cm³/mol. The summed E-state index contributed by atoms with van der Waals surface area (Å²) in [5.41, 5.74) is 3.06. The maximum Gasteiger partial charge on any atom is 0.197 e. The van der Waals surface area contributed by atoms with Gasteiger partial charge in [-0.15, -0.1) is 0 Å². The van der Waals surface area contributed by atoms with Gasteiger partial charge >= 0.3 is 0 Å². The molecule has 3 rings (SSSR count). The zero-order chi connectivity index (χ0) is 11.8. The van der Waals surface area contributed by atoms with Gasteiger partial charge in [0.1, 0.15) is 0 Å². The summed E-state index contributed by atoms with van der Waals surface area (Å²) in [5.74, 6) is 0. The molecule has 1 N–H and O–H groups in total. The van der Waals surface area contributed by atoms with E-state index in [2.05, 4.69) is 11.9 Å². The van der Waals surface area contributed by atoms with E-state index >= 15 is 0 Å². The Hall–Kier alpha value is -2.09. The van der Waals surface area contributed by atoms with Gasteiger partial charge in [-0.05, 0) is 30.2 Å². The molecule has 1 heterocycles. The molecule has 0 saturated carbocycles. The molecule has 0 aliphatic carbocycles. The summed E-state index contributed by atoms with van der Waals surface area (Å²) in [6.07, 6.45) is 0.874. The topological polar surface area (TPSA) is 32.9 Å². The van der Waals surface area contributed by atoms with Crippen molar-refractivity contribution < 1.29 is 0 Å². The maximum atomic E-state index is 12.4. The van der Waals surface area contributed by atoms with Gasteiger partial charge in [0.25, 0.3) is 0 Å². The molecular weight excluding hydrogens is 210 g/mol. The summed E-state index contributed by atoms with van der Waals surface area (Å²) in [6, 6.07) is 13.6. The molecule has 0 spiro atoms. The van der Waals surface area contributed by atoms with E-state index in [1.165, 1.54) is 0 Å². The van der Waals surface area contributed by atoms with Gasteiger partial charge < -0.3 is 4.98 Å². The van der Waals surface area contributed by atoms with E-state index in [0.717, 1.165) is 33.8 Å². The molecule has 0 amide bonds. The number of hydrogen-bond acceptors (Lipinski definition) is 1. The highest BCUT2D eigenvalue weighted by atomic mass is 16.1. The smallest absolute Gasteiger partial charge is 0.197 e. The summed E-state index contributed by atoms with van der Waals surface area (Å²) in [4.78, 5) is 15.8. The van der Waals surface area contributed by atoms with Crippen LogP contribution in [-0.2, 0) is 6.42 Å². The lowest BCUT2D eigenvalue weighted by Crippen LogP contribution is -2.06. The second-order valence-electron chi connectivity index (χ2n) is 4.19. The van der Waals surface area contributed by atoms with Gasteiger partial charge in [0.15, 0.2) is 5.43 Å². The van der Waals surface area contributed by atoms with E-state index in [0.29, 0.717) is 0 Å². The van der Waals surface area contributed by atoms with Gasteiger partial charge in [0.2, 0.25) is 0 Å². The minimum absolute atomic E-state index is 0.131. The number of nitrogens with one attached hydrogen (secondary N) is 1. The van der Waals surface area contributed by atoms with Crippen molar-refractivity contribution >= 4 is 21.8 Å². The highest BCUT2D eigenvalue weighted by Crippen LogP contribution is 2.18. The predicted octanol–water partition coefficient (Wildman–Crippen LogP) is 3.24. The monoisotopic (exact) mass is 223 g/mol. The van der Waals surface area contributed by atoms with Crippen LogP contribution in [0.1, 0.15) is 12.5 Å². The van der Waals surface area contributed by atoms with Crippen LogP contribution >= 0.6 is 0 Å². The van der Waals surface area contributed by atoms with Crippen molar-refractivity contribution in [3.8, 4) is 0 Å². The minimum atomic E-state index is 0.131. The van der Waals surface area contributed by atoms with E-state index < -0.39 is 0 Å². The number of aromatic amines is 1. The number of aryl methyl sites for hydroxylation is 1. The Kier molecular flexibility index (Phi) is 2.22. The van der Waals surface area contributed by atoms with Gasteiger partial charge in [-0.25, -0.2) is 0 Å². The number of pyridine rings is 1. The number of H-pyrrole nitrogens is 1. The van der Waals surface area contributed by atoms with Crippen molar-refractivity contribution in [3.63, 3.8) is 0 Å². The fourth-order valence-electron chi connectivity index (χ4n) is 2.34. The molecule has 0 unspecified atom stereocenters. The quantitative estimate of drug-likeness (QED) is 0.631. The number of rotatable bonds is 1. The fourth-order valence-corrected chi connectivity index (χ4v) is 2.34. The third kappa shape index (κ3) is 1.45. The van der Waals surface area contributed by atoms with Crippen LogP contribution in [0.2, 0.25) is 0 Å². The second kappa shape index (κ2) is 3.74. The molecule has 0 aliphatic heterocycles. The van der Waals surface area contributed by atoms with E-state index in [1.807, 2.05) is 42.5 Å². The van der Waals surface area contributed by atoms with Crippen molar-refractivity contribution in [2.75, 3.05) is 0 Å². The largest absolute Gasteiger partial charge is 0.354 e. The van der Waals surface area contributed by atoms with Gasteiger partial charge in [-0.3, -0.25) is 4.79 Å². The fraction of sp³-hybridized carbons (Fsp3) is 0.133. The molecule has 2 nitrogen and oxygen atoms in total. The normalized spacial score (nSPS) is 11.1. The van der Waals surface area contributed by atoms with Crippen LogP contribution in [0.25, 0.3) is 21.8 Å². The third-order valence-corrected chi connectivity index (χ3v) is 3.20. The Morgan fingerprint density at radius 2 is 1.76 bits per heavy atom. The summed E-state index contributed by atoms with van der Waals surface area (Å²) in [7, 11) is 0. The van der Waals surface area contributed by atoms with E-state index in [4.69, 9.17) is 0 Å². The van der Waals surface area contributed by atoms with Crippen LogP contribution in [0.5, 0.6) is 0 Å². The Balaban J connectivity index is 2.60. The molecule has 1 aromatic heterocycles. The average Bonchev–Trinajstić information content (AvgIpc) is 2.38. The number of hydrogen-bond donors (Lipinski definition) is 1. The highest BCUT2D eigenvalue weighted by Gasteiger charge is 2.07. The van der Waals surface area contributed by atoms with Crippen molar-refractivity contribution in [2.24, 2.45) is 0 Å². The molecule has 0 bridgehead atoms. The molecule has 17 heavy (non-hydrogen) atoms. The number of benzene rings is 2. The first-order valence-electron chi connectivity index (χ1n) is 5.84. The standard InChI is InChI=1S/C15H13NO/c1-2-10-6-5-9-13-14(10)15(17)11-7-3-4-8-12(11)16-13/h3-9H,2H2,1H3,(H,16,17). The van der Waals surface area contributed by atoms with E-state index in [9.17, 15) is 4.79 Å². The summed E-state index contributed by atoms with van der Waals surface area (Å²) in [5, 5.41) is 1.59. The Morgan fingerprint density at radius 1 is 1.00 bits per heavy atom. The van der Waals surface area contributed by atoms with Gasteiger partial charge in [-0.2, -0.15) is 0 Å². The molecule has 0 fully saturated rings. The van der Waals surface area contributed by atoms with Crippen LogP contribution < -0.4 is 5.43 Å². The summed E-state index contributed by atoms with van der Waals surface area (Å²) in [6.45, 7) is 2.07. The molecule has 0 aliphatic rings. The zero-order valence-electron chi connectivity index (χ0n) is 9.66. The molecule has 2 aromatic carbocycles. The van der Waals surface area contributed by atoms with E-state index in [-0.39, 0.29) is 5.43 Å². The highest BCUT2D eigenvalue weighted by molar-refractivity contribution is 5.94. The van der Waals surface area contributed by atoms with Crippen LogP contribution in [0, 0.1) is 0 Å². The average molecular weight is 223 g/mol. The Morgan fingerprint density at radius 3 is 2.59 bits per heavy atom. The second-order valence-corrected chi connectivity index (χ2v) is 4.19. The number of fused-ring (bicyclic) bond motifs is 2. The first kappa shape index (κ1) is 10.1. The first-order valence-corrected chi connectivity index (χ1v) is 5.84. The zero-order valence-corrected chi connectivity index (χ0v) is 9.66. The van der Waals surface area contributed by atoms with Crippen LogP contribution in [0.4, 0.5) is 0 Å².